The number of methoxy groups -OCH3 is 1. The van der Waals surface area contributed by atoms with E-state index in [9.17, 15) is 18.0 Å². The van der Waals surface area contributed by atoms with Crippen molar-refractivity contribution in [2.45, 2.75) is 30.6 Å². The quantitative estimate of drug-likeness (QED) is 0.606. The van der Waals surface area contributed by atoms with E-state index in [1.165, 1.54) is 4.31 Å². The smallest absolute Gasteiger partial charge is 0.243 e. The molecule has 176 valence electrons. The Hall–Kier alpha value is -2.71. The molecule has 8 heteroatoms. The summed E-state index contributed by atoms with van der Waals surface area (Å²) in [5, 5.41) is 0. The number of ketones is 1. The highest BCUT2D eigenvalue weighted by Gasteiger charge is 2.36. The highest BCUT2D eigenvalue weighted by atomic mass is 32.2. The van der Waals surface area contributed by atoms with Crippen molar-refractivity contribution in [2.24, 2.45) is 11.8 Å². The van der Waals surface area contributed by atoms with Gasteiger partial charge in [-0.25, -0.2) is 8.42 Å². The van der Waals surface area contributed by atoms with E-state index in [2.05, 4.69) is 0 Å². The number of Topliss-reactive ketones (excluding diaryl/α,β-unsaturated/α-hetero) is 1. The van der Waals surface area contributed by atoms with Crippen LogP contribution in [0.3, 0.4) is 0 Å². The third-order valence-electron chi connectivity index (χ3n) is 6.67. The average Bonchev–Trinajstić information content (AvgIpc) is 2.88. The first-order valence-electron chi connectivity index (χ1n) is 11.4. The molecule has 2 aliphatic rings. The van der Waals surface area contributed by atoms with Gasteiger partial charge in [0.1, 0.15) is 5.75 Å². The summed E-state index contributed by atoms with van der Waals surface area (Å²) >= 11 is 0. The number of benzene rings is 2. The first kappa shape index (κ1) is 23.4. The lowest BCUT2D eigenvalue weighted by Crippen LogP contribution is -2.49. The standard InChI is InChI=1S/C25H30N2O5S/c1-32-22-11-9-19(10-12-22)24(28)20-13-16-26(17-14-20)25(29)21-6-5-15-27(18-21)33(30,31)23-7-3-2-4-8-23/h2-4,7-12,20-21H,5-6,13-18H2,1H3. The SMILES string of the molecule is COc1ccc(C(=O)C2CCN(C(=O)C3CCCN(S(=O)(=O)c4ccccc4)C3)CC2)cc1. The van der Waals surface area contributed by atoms with Gasteiger partial charge >= 0.3 is 0 Å². The summed E-state index contributed by atoms with van der Waals surface area (Å²) in [6, 6.07) is 15.5. The molecule has 0 bridgehead atoms. The summed E-state index contributed by atoms with van der Waals surface area (Å²) in [6.07, 6.45) is 2.59. The molecule has 2 fully saturated rings. The molecule has 0 N–H and O–H groups in total. The molecule has 0 spiro atoms. The van der Waals surface area contributed by atoms with Crippen molar-refractivity contribution in [1.82, 2.24) is 9.21 Å². The van der Waals surface area contributed by atoms with E-state index in [4.69, 9.17) is 4.74 Å². The summed E-state index contributed by atoms with van der Waals surface area (Å²) in [7, 11) is -2.02. The summed E-state index contributed by atoms with van der Waals surface area (Å²) in [5.41, 5.74) is 0.662. The molecule has 2 aromatic rings. The Morgan fingerprint density at radius 3 is 2.18 bits per heavy atom. The molecule has 1 atom stereocenters. The molecular formula is C25H30N2O5S. The number of amides is 1. The number of rotatable bonds is 6. The van der Waals surface area contributed by atoms with Crippen LogP contribution < -0.4 is 4.74 Å². The summed E-state index contributed by atoms with van der Waals surface area (Å²) < 4.78 is 32.5. The van der Waals surface area contributed by atoms with Crippen molar-refractivity contribution in [3.05, 3.63) is 60.2 Å². The fourth-order valence-corrected chi connectivity index (χ4v) is 6.26. The van der Waals surface area contributed by atoms with Gasteiger partial charge in [-0.05, 0) is 62.1 Å². The second kappa shape index (κ2) is 10.1. The van der Waals surface area contributed by atoms with Crippen LogP contribution in [0.25, 0.3) is 0 Å². The van der Waals surface area contributed by atoms with E-state index in [0.29, 0.717) is 56.6 Å². The third kappa shape index (κ3) is 5.12. The Morgan fingerprint density at radius 1 is 0.879 bits per heavy atom. The van der Waals surface area contributed by atoms with Gasteiger partial charge in [-0.3, -0.25) is 9.59 Å². The Bertz CT molecular complexity index is 1080. The van der Waals surface area contributed by atoms with Crippen LogP contribution in [0.5, 0.6) is 5.75 Å². The molecule has 1 amide bonds. The molecule has 0 aromatic heterocycles. The first-order valence-corrected chi connectivity index (χ1v) is 12.9. The van der Waals surface area contributed by atoms with Crippen LogP contribution in [-0.4, -0.2) is 62.6 Å². The topological polar surface area (TPSA) is 84.0 Å². The molecule has 2 aromatic carbocycles. The van der Waals surface area contributed by atoms with Crippen molar-refractivity contribution in [3.63, 3.8) is 0 Å². The highest BCUT2D eigenvalue weighted by Crippen LogP contribution is 2.28. The Labute approximate surface area is 195 Å². The van der Waals surface area contributed by atoms with E-state index < -0.39 is 10.0 Å². The van der Waals surface area contributed by atoms with Crippen LogP contribution in [0, 0.1) is 11.8 Å². The predicted molar refractivity (Wildman–Crippen MR) is 125 cm³/mol. The van der Waals surface area contributed by atoms with Gasteiger partial charge in [-0.2, -0.15) is 4.31 Å². The number of likely N-dealkylation sites (tertiary alicyclic amines) is 1. The zero-order valence-corrected chi connectivity index (χ0v) is 19.7. The number of nitrogens with zero attached hydrogens (tertiary/aromatic N) is 2. The van der Waals surface area contributed by atoms with Gasteiger partial charge < -0.3 is 9.64 Å². The lowest BCUT2D eigenvalue weighted by Gasteiger charge is -2.37. The van der Waals surface area contributed by atoms with Crippen LogP contribution in [0.2, 0.25) is 0 Å². The van der Waals surface area contributed by atoms with Crippen molar-refractivity contribution in [2.75, 3.05) is 33.3 Å². The fraction of sp³-hybridized carbons (Fsp3) is 0.440. The lowest BCUT2D eigenvalue weighted by atomic mass is 9.88. The van der Waals surface area contributed by atoms with E-state index >= 15 is 0 Å². The summed E-state index contributed by atoms with van der Waals surface area (Å²) in [6.45, 7) is 1.68. The van der Waals surface area contributed by atoms with Gasteiger partial charge in [0, 0.05) is 37.7 Å². The molecule has 7 nitrogen and oxygen atoms in total. The van der Waals surface area contributed by atoms with Gasteiger partial charge in [0.05, 0.1) is 17.9 Å². The van der Waals surface area contributed by atoms with E-state index in [0.717, 1.165) is 0 Å². The van der Waals surface area contributed by atoms with Crippen molar-refractivity contribution < 1.29 is 22.7 Å². The number of hydrogen-bond donors (Lipinski definition) is 0. The zero-order valence-electron chi connectivity index (χ0n) is 18.9. The number of ether oxygens (including phenoxy) is 1. The number of carbonyl (C=O) groups excluding carboxylic acids is 2. The average molecular weight is 471 g/mol. The van der Waals surface area contributed by atoms with Crippen LogP contribution >= 0.6 is 0 Å². The normalized spacial score (nSPS) is 20.4. The second-order valence-corrected chi connectivity index (χ2v) is 10.6. The van der Waals surface area contributed by atoms with Crippen LogP contribution in [0.15, 0.2) is 59.5 Å². The van der Waals surface area contributed by atoms with Crippen molar-refractivity contribution in [3.8, 4) is 5.75 Å². The minimum absolute atomic E-state index is 0.00157. The van der Waals surface area contributed by atoms with Gasteiger partial charge in [-0.15, -0.1) is 0 Å². The van der Waals surface area contributed by atoms with Crippen molar-refractivity contribution >= 4 is 21.7 Å². The Kier molecular flexibility index (Phi) is 7.14. The van der Waals surface area contributed by atoms with E-state index in [1.54, 1.807) is 66.6 Å². The predicted octanol–water partition coefficient (Wildman–Crippen LogP) is 3.22. The molecular weight excluding hydrogens is 440 g/mol. The largest absolute Gasteiger partial charge is 0.497 e. The Balaban J connectivity index is 1.35. The summed E-state index contributed by atoms with van der Waals surface area (Å²) in [4.78, 5) is 28.1. The summed E-state index contributed by atoms with van der Waals surface area (Å²) in [5.74, 6) is 0.360. The number of hydrogen-bond acceptors (Lipinski definition) is 5. The van der Waals surface area contributed by atoms with E-state index in [-0.39, 0.29) is 35.0 Å². The van der Waals surface area contributed by atoms with Crippen LogP contribution in [0.1, 0.15) is 36.0 Å². The maximum atomic E-state index is 13.2. The maximum Gasteiger partial charge on any atom is 0.243 e. The molecule has 2 heterocycles. The van der Waals surface area contributed by atoms with Gasteiger partial charge in [0.25, 0.3) is 0 Å². The number of piperidine rings is 2. The molecule has 33 heavy (non-hydrogen) atoms. The molecule has 1 unspecified atom stereocenters. The minimum Gasteiger partial charge on any atom is -0.497 e. The Morgan fingerprint density at radius 2 is 1.55 bits per heavy atom. The minimum atomic E-state index is -3.61. The van der Waals surface area contributed by atoms with Gasteiger partial charge in [0.2, 0.25) is 15.9 Å². The first-order chi connectivity index (χ1) is 15.9. The van der Waals surface area contributed by atoms with Crippen LogP contribution in [0.4, 0.5) is 0 Å². The van der Waals surface area contributed by atoms with Gasteiger partial charge in [0.15, 0.2) is 5.78 Å². The van der Waals surface area contributed by atoms with Crippen molar-refractivity contribution in [1.29, 1.82) is 0 Å². The van der Waals surface area contributed by atoms with Crippen LogP contribution in [-0.2, 0) is 14.8 Å². The third-order valence-corrected chi connectivity index (χ3v) is 8.55. The molecule has 0 saturated carbocycles. The molecule has 0 aliphatic carbocycles. The molecule has 0 radical (unpaired) electrons. The number of sulfonamides is 1. The number of carbonyl (C=O) groups is 2. The maximum absolute atomic E-state index is 13.2. The fourth-order valence-electron chi connectivity index (χ4n) is 4.72. The van der Waals surface area contributed by atoms with Gasteiger partial charge in [-0.1, -0.05) is 18.2 Å². The monoisotopic (exact) mass is 470 g/mol. The van der Waals surface area contributed by atoms with E-state index in [1.807, 2.05) is 0 Å². The zero-order chi connectivity index (χ0) is 23.4. The lowest BCUT2D eigenvalue weighted by molar-refractivity contribution is -0.138. The molecule has 2 aliphatic heterocycles. The second-order valence-electron chi connectivity index (χ2n) is 8.71. The highest BCUT2D eigenvalue weighted by molar-refractivity contribution is 7.89. The molecule has 4 rings (SSSR count). The molecule has 2 saturated heterocycles.